The summed E-state index contributed by atoms with van der Waals surface area (Å²) in [6.45, 7) is 2.07. The number of hydrogen-bond donors (Lipinski definition) is 1. The molecule has 2 rings (SSSR count). The van der Waals surface area contributed by atoms with Crippen molar-refractivity contribution in [3.63, 3.8) is 0 Å². The van der Waals surface area contributed by atoms with E-state index < -0.39 is 0 Å². The van der Waals surface area contributed by atoms with Crippen molar-refractivity contribution in [2.75, 3.05) is 0 Å². The van der Waals surface area contributed by atoms with Crippen LogP contribution in [0.4, 0.5) is 0 Å². The van der Waals surface area contributed by atoms with Crippen LogP contribution in [0.2, 0.25) is 0 Å². The minimum atomic E-state index is -0.134. The van der Waals surface area contributed by atoms with Gasteiger partial charge in [-0.05, 0) is 36.2 Å². The number of rotatable bonds is 2. The highest BCUT2D eigenvalue weighted by atomic mass is 79.9. The normalized spacial score (nSPS) is 12.8. The van der Waals surface area contributed by atoms with E-state index in [1.165, 1.54) is 5.56 Å². The Kier molecular flexibility index (Phi) is 3.12. The van der Waals surface area contributed by atoms with E-state index in [0.717, 1.165) is 15.7 Å². The molecule has 3 nitrogen and oxygen atoms in total. The van der Waals surface area contributed by atoms with E-state index in [9.17, 15) is 0 Å². The number of hydrogen-bond acceptors (Lipinski definition) is 2. The Morgan fingerprint density at radius 3 is 2.75 bits per heavy atom. The fourth-order valence-corrected chi connectivity index (χ4v) is 2.17. The minimum absolute atomic E-state index is 0.134. The van der Waals surface area contributed by atoms with Gasteiger partial charge in [-0.1, -0.05) is 22.0 Å². The van der Waals surface area contributed by atoms with Crippen molar-refractivity contribution in [1.29, 1.82) is 0 Å². The zero-order valence-electron chi connectivity index (χ0n) is 9.31. The topological polar surface area (TPSA) is 43.8 Å². The van der Waals surface area contributed by atoms with Crippen molar-refractivity contribution < 1.29 is 0 Å². The standard InChI is InChI=1S/C12H14BrN3/c1-8-3-4-9(13)7-10(8)12(14)11-5-6-15-16(11)2/h3-7,12H,14H2,1-2H3. The summed E-state index contributed by atoms with van der Waals surface area (Å²) in [5.74, 6) is 0. The van der Waals surface area contributed by atoms with Gasteiger partial charge in [-0.3, -0.25) is 4.68 Å². The summed E-state index contributed by atoms with van der Waals surface area (Å²) in [4.78, 5) is 0. The molecule has 0 spiro atoms. The van der Waals surface area contributed by atoms with Gasteiger partial charge in [0, 0.05) is 17.7 Å². The van der Waals surface area contributed by atoms with Crippen molar-refractivity contribution in [2.45, 2.75) is 13.0 Å². The van der Waals surface area contributed by atoms with Crippen LogP contribution in [0.3, 0.4) is 0 Å². The minimum Gasteiger partial charge on any atom is -0.319 e. The van der Waals surface area contributed by atoms with Crippen LogP contribution in [0, 0.1) is 6.92 Å². The highest BCUT2D eigenvalue weighted by Gasteiger charge is 2.14. The summed E-state index contributed by atoms with van der Waals surface area (Å²) in [7, 11) is 1.91. The lowest BCUT2D eigenvalue weighted by molar-refractivity contribution is 0.671. The van der Waals surface area contributed by atoms with Gasteiger partial charge in [0.1, 0.15) is 0 Å². The summed E-state index contributed by atoms with van der Waals surface area (Å²) in [6.07, 6.45) is 1.77. The number of nitrogens with two attached hydrogens (primary N) is 1. The molecule has 1 aromatic heterocycles. The SMILES string of the molecule is Cc1ccc(Br)cc1C(N)c1ccnn1C. The van der Waals surface area contributed by atoms with E-state index in [-0.39, 0.29) is 6.04 Å². The van der Waals surface area contributed by atoms with E-state index in [0.29, 0.717) is 0 Å². The Labute approximate surface area is 103 Å². The lowest BCUT2D eigenvalue weighted by Crippen LogP contribution is -2.17. The number of halogens is 1. The molecule has 0 amide bonds. The van der Waals surface area contributed by atoms with Gasteiger partial charge in [-0.25, -0.2) is 0 Å². The maximum absolute atomic E-state index is 6.25. The third kappa shape index (κ3) is 2.03. The van der Waals surface area contributed by atoms with Crippen molar-refractivity contribution in [1.82, 2.24) is 9.78 Å². The number of benzene rings is 1. The second kappa shape index (κ2) is 4.39. The van der Waals surface area contributed by atoms with Crippen LogP contribution in [-0.4, -0.2) is 9.78 Å². The third-order valence-corrected chi connectivity index (χ3v) is 3.25. The highest BCUT2D eigenvalue weighted by Crippen LogP contribution is 2.25. The van der Waals surface area contributed by atoms with Crippen molar-refractivity contribution in [2.24, 2.45) is 12.8 Å². The predicted octanol–water partition coefficient (Wildman–Crippen LogP) is 2.54. The fourth-order valence-electron chi connectivity index (χ4n) is 1.79. The van der Waals surface area contributed by atoms with Gasteiger partial charge in [0.15, 0.2) is 0 Å². The van der Waals surface area contributed by atoms with Crippen LogP contribution in [0.15, 0.2) is 34.9 Å². The van der Waals surface area contributed by atoms with Gasteiger partial charge in [0.2, 0.25) is 0 Å². The third-order valence-electron chi connectivity index (χ3n) is 2.75. The molecule has 0 saturated heterocycles. The summed E-state index contributed by atoms with van der Waals surface area (Å²) in [5, 5.41) is 4.14. The maximum Gasteiger partial charge on any atom is 0.0726 e. The van der Waals surface area contributed by atoms with Gasteiger partial charge < -0.3 is 5.73 Å². The zero-order chi connectivity index (χ0) is 11.7. The van der Waals surface area contributed by atoms with E-state index in [1.54, 1.807) is 6.20 Å². The number of aryl methyl sites for hydroxylation is 2. The lowest BCUT2D eigenvalue weighted by atomic mass is 10.00. The smallest absolute Gasteiger partial charge is 0.0726 e. The van der Waals surface area contributed by atoms with Crippen LogP contribution >= 0.6 is 15.9 Å². The average Bonchev–Trinajstić information content (AvgIpc) is 2.67. The second-order valence-electron chi connectivity index (χ2n) is 3.86. The first-order valence-corrected chi connectivity index (χ1v) is 5.88. The van der Waals surface area contributed by atoms with Gasteiger partial charge in [-0.2, -0.15) is 5.10 Å². The van der Waals surface area contributed by atoms with Crippen molar-refractivity contribution in [3.8, 4) is 0 Å². The van der Waals surface area contributed by atoms with Crippen molar-refractivity contribution in [3.05, 3.63) is 51.8 Å². The molecular weight excluding hydrogens is 266 g/mol. The average molecular weight is 280 g/mol. The van der Waals surface area contributed by atoms with Gasteiger partial charge in [0.25, 0.3) is 0 Å². The molecule has 1 atom stereocenters. The predicted molar refractivity (Wildman–Crippen MR) is 68.1 cm³/mol. The van der Waals surface area contributed by atoms with Crippen LogP contribution in [0.25, 0.3) is 0 Å². The Bertz CT molecular complexity index is 505. The monoisotopic (exact) mass is 279 g/mol. The van der Waals surface area contributed by atoms with E-state index in [4.69, 9.17) is 5.73 Å². The molecule has 84 valence electrons. The van der Waals surface area contributed by atoms with Crippen LogP contribution in [-0.2, 0) is 7.05 Å². The fraction of sp³-hybridized carbons (Fsp3) is 0.250. The summed E-state index contributed by atoms with van der Waals surface area (Å²) in [6, 6.07) is 7.97. The van der Waals surface area contributed by atoms with Crippen LogP contribution in [0.5, 0.6) is 0 Å². The molecule has 2 aromatic rings. The molecule has 0 aliphatic rings. The molecule has 0 saturated carbocycles. The first-order valence-electron chi connectivity index (χ1n) is 5.09. The quantitative estimate of drug-likeness (QED) is 0.918. The first-order chi connectivity index (χ1) is 7.59. The molecule has 1 aromatic carbocycles. The van der Waals surface area contributed by atoms with Crippen LogP contribution in [0.1, 0.15) is 22.9 Å². The molecule has 0 fully saturated rings. The van der Waals surface area contributed by atoms with E-state index in [2.05, 4.69) is 40.1 Å². The Hall–Kier alpha value is -1.13. The Balaban J connectivity index is 2.45. The van der Waals surface area contributed by atoms with Gasteiger partial charge in [-0.15, -0.1) is 0 Å². The summed E-state index contributed by atoms with van der Waals surface area (Å²) in [5.41, 5.74) is 9.58. The number of aromatic nitrogens is 2. The van der Waals surface area contributed by atoms with E-state index >= 15 is 0 Å². The molecule has 0 radical (unpaired) electrons. The van der Waals surface area contributed by atoms with E-state index in [1.807, 2.05) is 23.9 Å². The molecular formula is C12H14BrN3. The lowest BCUT2D eigenvalue weighted by Gasteiger charge is -2.15. The molecule has 0 aliphatic heterocycles. The summed E-state index contributed by atoms with van der Waals surface area (Å²) < 4.78 is 2.86. The van der Waals surface area contributed by atoms with Gasteiger partial charge >= 0.3 is 0 Å². The molecule has 16 heavy (non-hydrogen) atoms. The largest absolute Gasteiger partial charge is 0.319 e. The second-order valence-corrected chi connectivity index (χ2v) is 4.77. The Morgan fingerprint density at radius 2 is 2.12 bits per heavy atom. The molecule has 1 unspecified atom stereocenters. The van der Waals surface area contributed by atoms with Crippen LogP contribution < -0.4 is 5.73 Å². The maximum atomic E-state index is 6.25. The molecule has 1 heterocycles. The molecule has 0 bridgehead atoms. The molecule has 0 aliphatic carbocycles. The van der Waals surface area contributed by atoms with Gasteiger partial charge in [0.05, 0.1) is 11.7 Å². The Morgan fingerprint density at radius 1 is 1.38 bits per heavy atom. The highest BCUT2D eigenvalue weighted by molar-refractivity contribution is 9.10. The number of nitrogens with zero attached hydrogens (tertiary/aromatic N) is 2. The van der Waals surface area contributed by atoms with Crippen molar-refractivity contribution >= 4 is 15.9 Å². The summed E-state index contributed by atoms with van der Waals surface area (Å²) >= 11 is 3.47. The molecule has 2 N–H and O–H groups in total. The zero-order valence-corrected chi connectivity index (χ0v) is 10.9. The molecule has 4 heteroatoms. The first kappa shape index (κ1) is 11.4.